The van der Waals surface area contributed by atoms with Gasteiger partial charge in [-0.25, -0.2) is 8.42 Å². The van der Waals surface area contributed by atoms with Crippen LogP contribution >= 0.6 is 0 Å². The van der Waals surface area contributed by atoms with Crippen LogP contribution in [-0.2, 0) is 26.0 Å². The molecule has 0 aliphatic rings. The number of rotatable bonds is 3. The van der Waals surface area contributed by atoms with E-state index >= 15 is 0 Å². The molecule has 1 aromatic rings. The van der Waals surface area contributed by atoms with E-state index in [1.165, 1.54) is 0 Å². The molecular weight excluding hydrogens is 286 g/mol. The predicted molar refractivity (Wildman–Crippen MR) is 63.9 cm³/mol. The summed E-state index contributed by atoms with van der Waals surface area (Å²) in [7, 11) is -7.56. The second-order valence-corrected chi connectivity index (χ2v) is 5.36. The SMILES string of the molecule is NC(CO)(c1ccccc1)[SH](=O)=O.O=S(=O)(O)O. The number of hydrogen-bond acceptors (Lipinski definition) is 6. The Bertz CT molecular complexity index is 524. The van der Waals surface area contributed by atoms with Gasteiger partial charge >= 0.3 is 10.4 Å². The minimum atomic E-state index is -4.67. The van der Waals surface area contributed by atoms with E-state index in [2.05, 4.69) is 0 Å². The van der Waals surface area contributed by atoms with Gasteiger partial charge in [0.1, 0.15) is 0 Å². The Hall–Kier alpha value is -1.04. The Labute approximate surface area is 106 Å². The van der Waals surface area contributed by atoms with Crippen molar-refractivity contribution < 1.29 is 31.0 Å². The van der Waals surface area contributed by atoms with Crippen molar-refractivity contribution >= 4 is 21.1 Å². The lowest BCUT2D eigenvalue weighted by atomic mass is 10.1. The summed E-state index contributed by atoms with van der Waals surface area (Å²) >= 11 is 0. The summed E-state index contributed by atoms with van der Waals surface area (Å²) in [4.78, 5) is -1.66. The molecule has 104 valence electrons. The standard InChI is InChI=1S/C8H11NO3S.H2O4S/c9-8(6-10,13(11)12)7-4-2-1-3-5-7;1-5(2,3)4/h1-5,10,13H,6,9H2;(H2,1,2,3,4). The summed E-state index contributed by atoms with van der Waals surface area (Å²) in [6.45, 7) is -0.615. The number of nitrogens with two attached hydrogens (primary N) is 1. The molecule has 0 spiro atoms. The third-order valence-electron chi connectivity index (χ3n) is 1.84. The van der Waals surface area contributed by atoms with E-state index in [9.17, 15) is 8.42 Å². The van der Waals surface area contributed by atoms with Gasteiger partial charge in [-0.1, -0.05) is 30.3 Å². The largest absolute Gasteiger partial charge is 0.394 e. The molecule has 0 aliphatic carbocycles. The van der Waals surface area contributed by atoms with Crippen LogP contribution in [0.2, 0.25) is 0 Å². The topological polar surface area (TPSA) is 155 Å². The summed E-state index contributed by atoms with van der Waals surface area (Å²) in [5, 5.41) is 8.90. The highest BCUT2D eigenvalue weighted by molar-refractivity contribution is 7.79. The van der Waals surface area contributed by atoms with Crippen molar-refractivity contribution in [2.24, 2.45) is 5.73 Å². The molecule has 8 nitrogen and oxygen atoms in total. The maximum atomic E-state index is 10.8. The van der Waals surface area contributed by atoms with E-state index in [0.717, 1.165) is 0 Å². The third kappa shape index (κ3) is 6.05. The molecule has 1 unspecified atom stereocenters. The van der Waals surface area contributed by atoms with Gasteiger partial charge in [0.15, 0.2) is 15.6 Å². The lowest BCUT2D eigenvalue weighted by Gasteiger charge is -2.20. The molecule has 0 aromatic heterocycles. The summed E-state index contributed by atoms with van der Waals surface area (Å²) in [5.74, 6) is 0. The molecule has 1 aromatic carbocycles. The molecule has 0 saturated heterocycles. The van der Waals surface area contributed by atoms with Gasteiger partial charge in [-0.3, -0.25) is 9.11 Å². The maximum absolute atomic E-state index is 10.8. The van der Waals surface area contributed by atoms with Gasteiger partial charge in [-0.05, 0) is 5.56 Å². The first-order valence-corrected chi connectivity index (χ1v) is 6.98. The summed E-state index contributed by atoms with van der Waals surface area (Å²) in [5.41, 5.74) is 5.91. The van der Waals surface area contributed by atoms with Crippen molar-refractivity contribution in [1.82, 2.24) is 0 Å². The monoisotopic (exact) mass is 299 g/mol. The predicted octanol–water partition coefficient (Wildman–Crippen LogP) is -1.25. The number of aliphatic hydroxyl groups is 1. The number of benzene rings is 1. The fourth-order valence-electron chi connectivity index (χ4n) is 0.981. The van der Waals surface area contributed by atoms with Crippen LogP contribution in [0.5, 0.6) is 0 Å². The van der Waals surface area contributed by atoms with Gasteiger partial charge in [0.05, 0.1) is 6.61 Å². The van der Waals surface area contributed by atoms with E-state index in [1.807, 2.05) is 0 Å². The zero-order valence-corrected chi connectivity index (χ0v) is 10.7. The van der Waals surface area contributed by atoms with E-state index < -0.39 is 32.6 Å². The fraction of sp³-hybridized carbons (Fsp3) is 0.250. The molecule has 0 bridgehead atoms. The van der Waals surface area contributed by atoms with E-state index in [4.69, 9.17) is 28.4 Å². The molecule has 0 heterocycles. The number of hydrogen-bond donors (Lipinski definition) is 5. The average Bonchev–Trinajstić information content (AvgIpc) is 2.26. The van der Waals surface area contributed by atoms with Crippen LogP contribution < -0.4 is 5.73 Å². The van der Waals surface area contributed by atoms with Crippen LogP contribution in [0, 0.1) is 0 Å². The molecule has 0 radical (unpaired) electrons. The van der Waals surface area contributed by atoms with Crippen LogP contribution in [0.25, 0.3) is 0 Å². The Morgan fingerprint density at radius 1 is 1.17 bits per heavy atom. The fourth-order valence-corrected chi connectivity index (χ4v) is 1.46. The van der Waals surface area contributed by atoms with E-state index in [0.29, 0.717) is 5.56 Å². The smallest absolute Gasteiger partial charge is 0.393 e. The lowest BCUT2D eigenvalue weighted by molar-refractivity contribution is 0.246. The summed E-state index contributed by atoms with van der Waals surface area (Å²) < 4.78 is 53.2. The highest BCUT2D eigenvalue weighted by atomic mass is 32.3. The highest BCUT2D eigenvalue weighted by Crippen LogP contribution is 2.17. The molecule has 0 fully saturated rings. The molecule has 5 N–H and O–H groups in total. The summed E-state index contributed by atoms with van der Waals surface area (Å²) in [6.07, 6.45) is 0. The van der Waals surface area contributed by atoms with Gasteiger partial charge in [-0.15, -0.1) is 0 Å². The first-order chi connectivity index (χ1) is 8.11. The van der Waals surface area contributed by atoms with Crippen LogP contribution in [0.3, 0.4) is 0 Å². The van der Waals surface area contributed by atoms with Gasteiger partial charge < -0.3 is 10.8 Å². The van der Waals surface area contributed by atoms with Gasteiger partial charge in [0.2, 0.25) is 0 Å². The second-order valence-electron chi connectivity index (χ2n) is 3.15. The molecular formula is C8H13NO7S2. The first-order valence-electron chi connectivity index (χ1n) is 4.41. The normalized spacial score (nSPS) is 14.5. The van der Waals surface area contributed by atoms with Gasteiger partial charge in [-0.2, -0.15) is 8.42 Å². The molecule has 18 heavy (non-hydrogen) atoms. The van der Waals surface area contributed by atoms with Crippen molar-refractivity contribution in [3.8, 4) is 0 Å². The van der Waals surface area contributed by atoms with Crippen molar-refractivity contribution in [1.29, 1.82) is 0 Å². The van der Waals surface area contributed by atoms with Crippen LogP contribution in [-0.4, -0.2) is 37.7 Å². The van der Waals surface area contributed by atoms with E-state index in [-0.39, 0.29) is 0 Å². The van der Waals surface area contributed by atoms with Gasteiger partial charge in [0, 0.05) is 0 Å². The Kier molecular flexibility index (Phi) is 6.38. The zero-order valence-electron chi connectivity index (χ0n) is 9.00. The minimum Gasteiger partial charge on any atom is -0.393 e. The van der Waals surface area contributed by atoms with Gasteiger partial charge in [0.25, 0.3) is 0 Å². The van der Waals surface area contributed by atoms with Crippen LogP contribution in [0.15, 0.2) is 30.3 Å². The maximum Gasteiger partial charge on any atom is 0.394 e. The van der Waals surface area contributed by atoms with Crippen LogP contribution in [0.1, 0.15) is 5.56 Å². The van der Waals surface area contributed by atoms with Crippen molar-refractivity contribution in [3.05, 3.63) is 35.9 Å². The molecule has 0 aliphatic heterocycles. The van der Waals surface area contributed by atoms with E-state index in [1.54, 1.807) is 30.3 Å². The first kappa shape index (κ1) is 17.0. The highest BCUT2D eigenvalue weighted by Gasteiger charge is 2.29. The average molecular weight is 299 g/mol. The molecule has 1 rings (SSSR count). The lowest BCUT2D eigenvalue weighted by Crippen LogP contribution is -2.41. The molecule has 10 heteroatoms. The Balaban J connectivity index is 0.000000494. The molecule has 0 saturated carbocycles. The van der Waals surface area contributed by atoms with Crippen molar-refractivity contribution in [2.45, 2.75) is 4.87 Å². The van der Waals surface area contributed by atoms with Crippen molar-refractivity contribution in [3.63, 3.8) is 0 Å². The number of aliphatic hydroxyl groups excluding tert-OH is 1. The zero-order chi connectivity index (χ0) is 14.4. The Morgan fingerprint density at radius 3 is 1.83 bits per heavy atom. The van der Waals surface area contributed by atoms with Crippen molar-refractivity contribution in [2.75, 3.05) is 6.61 Å². The summed E-state index contributed by atoms with van der Waals surface area (Å²) in [6, 6.07) is 8.23. The third-order valence-corrected chi connectivity index (χ3v) is 2.89. The molecule has 0 amide bonds. The van der Waals surface area contributed by atoms with Crippen LogP contribution in [0.4, 0.5) is 0 Å². The Morgan fingerprint density at radius 2 is 1.56 bits per heavy atom. The minimum absolute atomic E-state index is 0.397. The quantitative estimate of drug-likeness (QED) is 0.342. The number of thiol groups is 1. The second kappa shape index (κ2) is 6.78. The molecule has 1 atom stereocenters.